The number of nitrogens with one attached hydrogen (secondary N) is 2. The Morgan fingerprint density at radius 1 is 1.06 bits per heavy atom. The van der Waals surface area contributed by atoms with E-state index in [1.54, 1.807) is 13.4 Å². The number of nitrogens with zero attached hydrogens (tertiary/aromatic N) is 2. The maximum absolute atomic E-state index is 5.67. The van der Waals surface area contributed by atoms with E-state index in [1.807, 2.05) is 50.2 Å². The van der Waals surface area contributed by atoms with Gasteiger partial charge in [-0.1, -0.05) is 24.3 Å². The lowest BCUT2D eigenvalue weighted by molar-refractivity contribution is 0.310. The van der Waals surface area contributed by atoms with E-state index in [4.69, 9.17) is 13.9 Å². The highest BCUT2D eigenvalue weighted by Crippen LogP contribution is 2.28. The number of aromatic nitrogens is 1. The number of ether oxygens (including phenoxy) is 2. The minimum Gasteiger partial charge on any atom is -0.493 e. The molecule has 170 valence electrons. The van der Waals surface area contributed by atoms with Crippen molar-refractivity contribution >= 4 is 5.96 Å². The molecular weight excluding hydrogens is 404 g/mol. The predicted molar refractivity (Wildman–Crippen MR) is 127 cm³/mol. The van der Waals surface area contributed by atoms with Crippen LogP contribution in [0.4, 0.5) is 0 Å². The predicted octanol–water partition coefficient (Wildman–Crippen LogP) is 4.44. The monoisotopic (exact) mass is 436 g/mol. The minimum atomic E-state index is 0.446. The van der Waals surface area contributed by atoms with Gasteiger partial charge < -0.3 is 24.5 Å². The van der Waals surface area contributed by atoms with Crippen LogP contribution in [0.1, 0.15) is 31.5 Å². The maximum Gasteiger partial charge on any atom is 0.226 e. The summed E-state index contributed by atoms with van der Waals surface area (Å²) in [6.07, 6.45) is 3.56. The van der Waals surface area contributed by atoms with E-state index >= 15 is 0 Å². The van der Waals surface area contributed by atoms with Crippen molar-refractivity contribution < 1.29 is 13.9 Å². The largest absolute Gasteiger partial charge is 0.493 e. The van der Waals surface area contributed by atoms with Crippen LogP contribution in [-0.2, 0) is 13.0 Å². The molecule has 0 saturated carbocycles. The van der Waals surface area contributed by atoms with Crippen molar-refractivity contribution in [3.63, 3.8) is 0 Å². The molecular formula is C25H32N4O3. The van der Waals surface area contributed by atoms with Crippen molar-refractivity contribution in [1.29, 1.82) is 0 Å². The van der Waals surface area contributed by atoms with Gasteiger partial charge in [-0.25, -0.2) is 9.98 Å². The molecule has 0 amide bonds. The number of methoxy groups -OCH3 is 1. The van der Waals surface area contributed by atoms with Crippen molar-refractivity contribution in [3.8, 4) is 23.0 Å². The van der Waals surface area contributed by atoms with Crippen molar-refractivity contribution in [2.45, 2.75) is 33.2 Å². The van der Waals surface area contributed by atoms with Crippen LogP contribution in [0.15, 0.2) is 64.2 Å². The van der Waals surface area contributed by atoms with Crippen LogP contribution in [0.25, 0.3) is 11.5 Å². The lowest BCUT2D eigenvalue weighted by Crippen LogP contribution is -2.37. The fourth-order valence-electron chi connectivity index (χ4n) is 3.24. The number of guanidine groups is 1. The van der Waals surface area contributed by atoms with Crippen LogP contribution in [0.3, 0.4) is 0 Å². The number of benzene rings is 2. The van der Waals surface area contributed by atoms with E-state index in [1.165, 1.54) is 5.56 Å². The molecule has 3 rings (SSSR count). The summed E-state index contributed by atoms with van der Waals surface area (Å²) >= 11 is 0. The van der Waals surface area contributed by atoms with Crippen LogP contribution in [0, 0.1) is 0 Å². The number of oxazole rings is 1. The fraction of sp³-hybridized carbons (Fsp3) is 0.360. The zero-order chi connectivity index (χ0) is 22.6. The third kappa shape index (κ3) is 6.77. The highest BCUT2D eigenvalue weighted by atomic mass is 16.5. The number of hydrogen-bond donors (Lipinski definition) is 2. The normalized spacial score (nSPS) is 11.3. The molecule has 2 N–H and O–H groups in total. The Morgan fingerprint density at radius 2 is 1.91 bits per heavy atom. The Hall–Kier alpha value is -3.48. The zero-order valence-electron chi connectivity index (χ0n) is 19.1. The molecule has 1 aromatic heterocycles. The number of hydrogen-bond acceptors (Lipinski definition) is 5. The Balaban J connectivity index is 1.51. The lowest BCUT2D eigenvalue weighted by atomic mass is 10.1. The highest BCUT2D eigenvalue weighted by molar-refractivity contribution is 5.79. The quantitative estimate of drug-likeness (QED) is 0.263. The van der Waals surface area contributed by atoms with Crippen molar-refractivity contribution in [3.05, 3.63) is 66.1 Å². The van der Waals surface area contributed by atoms with Gasteiger partial charge in [0.05, 0.1) is 20.3 Å². The third-order valence-electron chi connectivity index (χ3n) is 4.78. The molecule has 0 fully saturated rings. The fourth-order valence-corrected chi connectivity index (χ4v) is 3.24. The minimum absolute atomic E-state index is 0.446. The van der Waals surface area contributed by atoms with Gasteiger partial charge in [0.1, 0.15) is 12.0 Å². The maximum atomic E-state index is 5.67. The van der Waals surface area contributed by atoms with Gasteiger partial charge in [0.25, 0.3) is 0 Å². The second kappa shape index (κ2) is 12.4. The molecule has 32 heavy (non-hydrogen) atoms. The first-order chi connectivity index (χ1) is 15.7. The molecule has 0 radical (unpaired) electrons. The second-order valence-electron chi connectivity index (χ2n) is 7.15. The van der Waals surface area contributed by atoms with E-state index in [0.717, 1.165) is 54.6 Å². The summed E-state index contributed by atoms with van der Waals surface area (Å²) in [5.41, 5.74) is 2.97. The molecule has 0 bridgehead atoms. The van der Waals surface area contributed by atoms with Gasteiger partial charge in [-0.05, 0) is 56.5 Å². The molecule has 0 saturated heterocycles. The first-order valence-corrected chi connectivity index (χ1v) is 11.0. The molecule has 1 heterocycles. The summed E-state index contributed by atoms with van der Waals surface area (Å²) in [7, 11) is 1.66. The van der Waals surface area contributed by atoms with Crippen molar-refractivity contribution in [1.82, 2.24) is 15.6 Å². The molecule has 0 aliphatic heterocycles. The smallest absolute Gasteiger partial charge is 0.226 e. The van der Waals surface area contributed by atoms with Gasteiger partial charge in [-0.2, -0.15) is 0 Å². The summed E-state index contributed by atoms with van der Waals surface area (Å²) in [6.45, 7) is 6.67. The van der Waals surface area contributed by atoms with Gasteiger partial charge in [0.2, 0.25) is 5.89 Å². The van der Waals surface area contributed by atoms with E-state index in [0.29, 0.717) is 19.0 Å². The summed E-state index contributed by atoms with van der Waals surface area (Å²) < 4.78 is 16.6. The van der Waals surface area contributed by atoms with E-state index in [9.17, 15) is 0 Å². The van der Waals surface area contributed by atoms with Crippen LogP contribution in [-0.4, -0.2) is 37.7 Å². The number of rotatable bonds is 11. The van der Waals surface area contributed by atoms with Gasteiger partial charge in [0, 0.05) is 18.7 Å². The second-order valence-corrected chi connectivity index (χ2v) is 7.15. The third-order valence-corrected chi connectivity index (χ3v) is 4.78. The van der Waals surface area contributed by atoms with Crippen LogP contribution in [0.5, 0.6) is 11.5 Å². The topological polar surface area (TPSA) is 80.9 Å². The van der Waals surface area contributed by atoms with Gasteiger partial charge in [0.15, 0.2) is 17.5 Å². The number of aliphatic imine (C=N–C) groups is 1. The highest BCUT2D eigenvalue weighted by Gasteiger charge is 2.07. The Morgan fingerprint density at radius 3 is 2.66 bits per heavy atom. The lowest BCUT2D eigenvalue weighted by Gasteiger charge is -2.12. The molecule has 0 aliphatic carbocycles. The Bertz CT molecular complexity index is 986. The standard InChI is InChI=1S/C25H32N4O3/c1-4-26-25(28-17-21-18-32-24(29-21)20-11-7-6-8-12-20)27-15-9-10-19-13-14-22(30-3)23(16-19)31-5-2/h6-8,11-14,16,18H,4-5,9-10,15,17H2,1-3H3,(H2,26,27,28). The molecule has 0 atom stereocenters. The summed E-state index contributed by atoms with van der Waals surface area (Å²) in [5.74, 6) is 2.93. The first kappa shape index (κ1) is 23.2. The Kier molecular flexibility index (Phi) is 8.98. The van der Waals surface area contributed by atoms with Crippen LogP contribution in [0.2, 0.25) is 0 Å². The molecule has 7 heteroatoms. The average Bonchev–Trinajstić information content (AvgIpc) is 3.30. The number of aryl methyl sites for hydroxylation is 1. The van der Waals surface area contributed by atoms with E-state index < -0.39 is 0 Å². The molecule has 0 aliphatic rings. The summed E-state index contributed by atoms with van der Waals surface area (Å²) in [4.78, 5) is 9.17. The zero-order valence-corrected chi connectivity index (χ0v) is 19.1. The molecule has 0 spiro atoms. The molecule has 3 aromatic rings. The van der Waals surface area contributed by atoms with Gasteiger partial charge >= 0.3 is 0 Å². The molecule has 0 unspecified atom stereocenters. The van der Waals surface area contributed by atoms with Gasteiger partial charge in [-0.15, -0.1) is 0 Å². The first-order valence-electron chi connectivity index (χ1n) is 11.0. The van der Waals surface area contributed by atoms with Crippen LogP contribution < -0.4 is 20.1 Å². The van der Waals surface area contributed by atoms with Gasteiger partial charge in [-0.3, -0.25) is 0 Å². The van der Waals surface area contributed by atoms with Crippen molar-refractivity contribution in [2.24, 2.45) is 4.99 Å². The Labute approximate surface area is 189 Å². The average molecular weight is 437 g/mol. The summed E-state index contributed by atoms with van der Waals surface area (Å²) in [6, 6.07) is 15.9. The van der Waals surface area contributed by atoms with Crippen molar-refractivity contribution in [2.75, 3.05) is 26.8 Å². The molecule has 7 nitrogen and oxygen atoms in total. The van der Waals surface area contributed by atoms with Crippen LogP contribution >= 0.6 is 0 Å². The van der Waals surface area contributed by atoms with E-state index in [-0.39, 0.29) is 0 Å². The van der Waals surface area contributed by atoms with E-state index in [2.05, 4.69) is 32.7 Å². The molecule has 2 aromatic carbocycles. The summed E-state index contributed by atoms with van der Waals surface area (Å²) in [5, 5.41) is 6.66. The SMILES string of the molecule is CCNC(=NCc1coc(-c2ccccc2)n1)NCCCc1ccc(OC)c(OCC)c1.